The molecular weight excluding hydrogens is 318 g/mol. The first-order valence-electron chi connectivity index (χ1n) is 8.61. The molecule has 0 saturated carbocycles. The Morgan fingerprint density at radius 1 is 0.880 bits per heavy atom. The lowest BCUT2D eigenvalue weighted by Crippen LogP contribution is -2.12. The normalized spacial score (nSPS) is 10.2. The lowest BCUT2D eigenvalue weighted by atomic mass is 10.1. The van der Waals surface area contributed by atoms with Crippen LogP contribution in [0.15, 0.2) is 42.5 Å². The molecule has 0 heterocycles. The van der Waals surface area contributed by atoms with Crippen LogP contribution in [0.2, 0.25) is 0 Å². The molecule has 0 aliphatic heterocycles. The summed E-state index contributed by atoms with van der Waals surface area (Å²) in [6, 6.07) is 12.5. The number of rotatable bonds is 9. The van der Waals surface area contributed by atoms with Crippen molar-refractivity contribution in [2.24, 2.45) is 0 Å². The van der Waals surface area contributed by atoms with E-state index in [0.29, 0.717) is 42.6 Å². The zero-order valence-electron chi connectivity index (χ0n) is 15.0. The van der Waals surface area contributed by atoms with E-state index in [9.17, 15) is 4.79 Å². The van der Waals surface area contributed by atoms with Crippen LogP contribution in [0.25, 0.3) is 0 Å². The second-order valence-electron chi connectivity index (χ2n) is 5.35. The van der Waals surface area contributed by atoms with E-state index in [-0.39, 0.29) is 5.91 Å². The molecule has 0 unspecified atom stereocenters. The van der Waals surface area contributed by atoms with Gasteiger partial charge in [-0.25, -0.2) is 0 Å². The molecule has 2 aromatic rings. The van der Waals surface area contributed by atoms with Crippen LogP contribution < -0.4 is 19.5 Å². The first-order chi connectivity index (χ1) is 12.2. The summed E-state index contributed by atoms with van der Waals surface area (Å²) in [6.45, 7) is 7.59. The molecule has 2 aromatic carbocycles. The number of carbonyl (C=O) groups excluding carboxylic acids is 1. The summed E-state index contributed by atoms with van der Waals surface area (Å²) < 4.78 is 16.6. The minimum atomic E-state index is -0.202. The summed E-state index contributed by atoms with van der Waals surface area (Å²) in [7, 11) is 0. The van der Waals surface area contributed by atoms with Gasteiger partial charge in [0.1, 0.15) is 5.75 Å². The van der Waals surface area contributed by atoms with Gasteiger partial charge in [0.15, 0.2) is 11.5 Å². The zero-order chi connectivity index (χ0) is 18.1. The maximum absolute atomic E-state index is 12.5. The summed E-state index contributed by atoms with van der Waals surface area (Å²) >= 11 is 0. The van der Waals surface area contributed by atoms with Crippen molar-refractivity contribution >= 4 is 11.6 Å². The fourth-order valence-corrected chi connectivity index (χ4v) is 2.25. The highest BCUT2D eigenvalue weighted by molar-refractivity contribution is 6.04. The van der Waals surface area contributed by atoms with Gasteiger partial charge in [-0.15, -0.1) is 0 Å². The summed E-state index contributed by atoms with van der Waals surface area (Å²) in [5.74, 6) is 1.81. The topological polar surface area (TPSA) is 56.8 Å². The van der Waals surface area contributed by atoms with Gasteiger partial charge in [-0.1, -0.05) is 6.92 Å². The highest BCUT2D eigenvalue weighted by Gasteiger charge is 2.12. The summed E-state index contributed by atoms with van der Waals surface area (Å²) in [4.78, 5) is 12.5. The number of nitrogens with one attached hydrogen (secondary N) is 1. The number of anilines is 1. The number of amides is 1. The van der Waals surface area contributed by atoms with Crippen LogP contribution in [-0.2, 0) is 0 Å². The standard InChI is InChI=1S/C20H25NO4/c1-4-13-25-18-12-7-15(14-19(18)24-6-3)20(22)21-16-8-10-17(11-9-16)23-5-2/h7-12,14H,4-6,13H2,1-3H3,(H,21,22). The Bertz CT molecular complexity index is 683. The van der Waals surface area contributed by atoms with E-state index in [1.165, 1.54) is 0 Å². The largest absolute Gasteiger partial charge is 0.494 e. The Morgan fingerprint density at radius 2 is 1.60 bits per heavy atom. The molecule has 0 saturated heterocycles. The molecule has 1 amide bonds. The summed E-state index contributed by atoms with van der Waals surface area (Å²) in [5, 5.41) is 2.87. The van der Waals surface area contributed by atoms with E-state index < -0.39 is 0 Å². The van der Waals surface area contributed by atoms with Crippen LogP contribution in [0.5, 0.6) is 17.2 Å². The van der Waals surface area contributed by atoms with Crippen molar-refractivity contribution in [3.8, 4) is 17.2 Å². The molecule has 1 N–H and O–H groups in total. The van der Waals surface area contributed by atoms with Crippen molar-refractivity contribution < 1.29 is 19.0 Å². The second-order valence-corrected chi connectivity index (χ2v) is 5.35. The van der Waals surface area contributed by atoms with Crippen molar-refractivity contribution in [2.75, 3.05) is 25.1 Å². The second kappa shape index (κ2) is 9.57. The molecule has 0 fully saturated rings. The molecule has 0 spiro atoms. The highest BCUT2D eigenvalue weighted by Crippen LogP contribution is 2.29. The number of hydrogen-bond acceptors (Lipinski definition) is 4. The predicted molar refractivity (Wildman–Crippen MR) is 99.0 cm³/mol. The van der Waals surface area contributed by atoms with Gasteiger partial charge in [-0.3, -0.25) is 4.79 Å². The van der Waals surface area contributed by atoms with E-state index in [0.717, 1.165) is 12.2 Å². The number of benzene rings is 2. The minimum absolute atomic E-state index is 0.202. The van der Waals surface area contributed by atoms with Crippen molar-refractivity contribution in [3.63, 3.8) is 0 Å². The Balaban J connectivity index is 2.10. The first-order valence-corrected chi connectivity index (χ1v) is 8.61. The van der Waals surface area contributed by atoms with Gasteiger partial charge < -0.3 is 19.5 Å². The third-order valence-corrected chi connectivity index (χ3v) is 3.39. The van der Waals surface area contributed by atoms with Crippen LogP contribution in [0.4, 0.5) is 5.69 Å². The molecule has 0 radical (unpaired) electrons. The lowest BCUT2D eigenvalue weighted by Gasteiger charge is -2.13. The average molecular weight is 343 g/mol. The maximum Gasteiger partial charge on any atom is 0.255 e. The molecule has 0 aliphatic rings. The average Bonchev–Trinajstić information content (AvgIpc) is 2.62. The van der Waals surface area contributed by atoms with Gasteiger partial charge in [0, 0.05) is 11.3 Å². The molecule has 0 aliphatic carbocycles. The Labute approximate surface area is 148 Å². The van der Waals surface area contributed by atoms with Gasteiger partial charge in [0.25, 0.3) is 5.91 Å². The van der Waals surface area contributed by atoms with Crippen molar-refractivity contribution in [2.45, 2.75) is 27.2 Å². The molecule has 5 nitrogen and oxygen atoms in total. The molecule has 134 valence electrons. The van der Waals surface area contributed by atoms with E-state index in [1.54, 1.807) is 18.2 Å². The van der Waals surface area contributed by atoms with Gasteiger partial charge >= 0.3 is 0 Å². The quantitative estimate of drug-likeness (QED) is 0.727. The van der Waals surface area contributed by atoms with E-state index in [2.05, 4.69) is 5.32 Å². The number of ether oxygens (including phenoxy) is 3. The van der Waals surface area contributed by atoms with Crippen molar-refractivity contribution in [1.82, 2.24) is 0 Å². The third-order valence-electron chi connectivity index (χ3n) is 3.39. The van der Waals surface area contributed by atoms with E-state index >= 15 is 0 Å². The van der Waals surface area contributed by atoms with Gasteiger partial charge in [0.2, 0.25) is 0 Å². The van der Waals surface area contributed by atoms with Gasteiger partial charge in [-0.05, 0) is 62.7 Å². The van der Waals surface area contributed by atoms with Gasteiger partial charge in [0.05, 0.1) is 19.8 Å². The molecular formula is C20H25NO4. The van der Waals surface area contributed by atoms with Crippen LogP contribution in [-0.4, -0.2) is 25.7 Å². The van der Waals surface area contributed by atoms with E-state index in [1.807, 2.05) is 45.0 Å². The van der Waals surface area contributed by atoms with Crippen LogP contribution in [0.1, 0.15) is 37.6 Å². The molecule has 5 heteroatoms. The fourth-order valence-electron chi connectivity index (χ4n) is 2.25. The van der Waals surface area contributed by atoms with Gasteiger partial charge in [-0.2, -0.15) is 0 Å². The molecule has 0 atom stereocenters. The summed E-state index contributed by atoms with van der Waals surface area (Å²) in [5.41, 5.74) is 1.22. The predicted octanol–water partition coefficient (Wildman–Crippen LogP) is 4.53. The monoisotopic (exact) mass is 343 g/mol. The van der Waals surface area contributed by atoms with E-state index in [4.69, 9.17) is 14.2 Å². The molecule has 0 aromatic heterocycles. The molecule has 25 heavy (non-hydrogen) atoms. The highest BCUT2D eigenvalue weighted by atomic mass is 16.5. The first kappa shape index (κ1) is 18.6. The fraction of sp³-hybridized carbons (Fsp3) is 0.350. The zero-order valence-corrected chi connectivity index (χ0v) is 15.0. The number of hydrogen-bond donors (Lipinski definition) is 1. The number of carbonyl (C=O) groups is 1. The van der Waals surface area contributed by atoms with Crippen LogP contribution >= 0.6 is 0 Å². The van der Waals surface area contributed by atoms with Crippen LogP contribution in [0, 0.1) is 0 Å². The van der Waals surface area contributed by atoms with Crippen molar-refractivity contribution in [3.05, 3.63) is 48.0 Å². The molecule has 2 rings (SSSR count). The third kappa shape index (κ3) is 5.41. The summed E-state index contributed by atoms with van der Waals surface area (Å²) in [6.07, 6.45) is 0.908. The van der Waals surface area contributed by atoms with Crippen LogP contribution in [0.3, 0.4) is 0 Å². The lowest BCUT2D eigenvalue weighted by molar-refractivity contribution is 0.102. The SMILES string of the molecule is CCCOc1ccc(C(=O)Nc2ccc(OCC)cc2)cc1OCC. The molecule has 0 bridgehead atoms. The maximum atomic E-state index is 12.5. The smallest absolute Gasteiger partial charge is 0.255 e. The Kier molecular flexibility index (Phi) is 7.14. The Morgan fingerprint density at radius 3 is 2.24 bits per heavy atom. The Hall–Kier alpha value is -2.69. The minimum Gasteiger partial charge on any atom is -0.494 e. The van der Waals surface area contributed by atoms with Crippen molar-refractivity contribution in [1.29, 1.82) is 0 Å².